The van der Waals surface area contributed by atoms with Crippen LogP contribution in [0.4, 0.5) is 4.79 Å². The first-order valence-corrected chi connectivity index (χ1v) is 5.42. The lowest BCUT2D eigenvalue weighted by atomic mass is 10.4. The summed E-state index contributed by atoms with van der Waals surface area (Å²) in [6, 6.07) is -0.313. The van der Waals surface area contributed by atoms with E-state index in [0.717, 1.165) is 0 Å². The van der Waals surface area contributed by atoms with Crippen LogP contribution in [0.1, 0.15) is 6.92 Å². The Morgan fingerprint density at radius 2 is 2.06 bits per heavy atom. The second kappa shape index (κ2) is 8.58. The Hall–Kier alpha value is -1.56. The van der Waals surface area contributed by atoms with E-state index in [4.69, 9.17) is 9.84 Å². The van der Waals surface area contributed by atoms with E-state index in [1.54, 1.807) is 7.11 Å². The van der Waals surface area contributed by atoms with Gasteiger partial charge in [0.15, 0.2) is 0 Å². The average Bonchev–Trinajstić information content (AvgIpc) is 2.28. The van der Waals surface area contributed by atoms with Crippen molar-refractivity contribution in [1.29, 1.82) is 0 Å². The van der Waals surface area contributed by atoms with Gasteiger partial charge in [0.05, 0.1) is 6.61 Å². The van der Waals surface area contributed by atoms with Crippen LogP contribution in [0, 0.1) is 0 Å². The highest BCUT2D eigenvalue weighted by molar-refractivity contribution is 5.80. The molecular formula is C11H20N2O4. The molecular weight excluding hydrogens is 224 g/mol. The molecule has 98 valence electrons. The molecule has 0 saturated carbocycles. The third-order valence-electron chi connectivity index (χ3n) is 2.16. The van der Waals surface area contributed by atoms with Crippen LogP contribution >= 0.6 is 0 Å². The van der Waals surface area contributed by atoms with Crippen LogP contribution in [0.15, 0.2) is 12.7 Å². The van der Waals surface area contributed by atoms with E-state index in [1.807, 2.05) is 6.92 Å². The SMILES string of the molecule is C=CCN(CC(=O)O)C(=O)N(CC)CCOC. The summed E-state index contributed by atoms with van der Waals surface area (Å²) in [5.41, 5.74) is 0. The maximum Gasteiger partial charge on any atom is 0.323 e. The van der Waals surface area contributed by atoms with Gasteiger partial charge in [0.25, 0.3) is 0 Å². The van der Waals surface area contributed by atoms with Crippen molar-refractivity contribution in [2.45, 2.75) is 6.92 Å². The van der Waals surface area contributed by atoms with Crippen molar-refractivity contribution < 1.29 is 19.4 Å². The number of hydrogen-bond donors (Lipinski definition) is 1. The average molecular weight is 244 g/mol. The fourth-order valence-electron chi connectivity index (χ4n) is 1.32. The molecule has 17 heavy (non-hydrogen) atoms. The molecule has 2 amide bonds. The molecule has 0 bridgehead atoms. The van der Waals surface area contributed by atoms with Crippen molar-refractivity contribution in [2.75, 3.05) is 39.9 Å². The number of urea groups is 1. The maximum atomic E-state index is 12.0. The number of rotatable bonds is 8. The summed E-state index contributed by atoms with van der Waals surface area (Å²) in [7, 11) is 1.55. The summed E-state index contributed by atoms with van der Waals surface area (Å²) in [6.07, 6.45) is 1.50. The molecule has 0 unspecified atom stereocenters. The lowest BCUT2D eigenvalue weighted by Gasteiger charge is -2.28. The van der Waals surface area contributed by atoms with Crippen LogP contribution < -0.4 is 0 Å². The first kappa shape index (κ1) is 15.4. The number of ether oxygens (including phenoxy) is 1. The molecule has 0 heterocycles. The van der Waals surface area contributed by atoms with Gasteiger partial charge in [-0.25, -0.2) is 4.79 Å². The predicted molar refractivity (Wildman–Crippen MR) is 63.9 cm³/mol. The highest BCUT2D eigenvalue weighted by atomic mass is 16.5. The topological polar surface area (TPSA) is 70.1 Å². The molecule has 0 aliphatic rings. The van der Waals surface area contributed by atoms with Gasteiger partial charge in [0.1, 0.15) is 6.54 Å². The van der Waals surface area contributed by atoms with E-state index in [-0.39, 0.29) is 19.1 Å². The Morgan fingerprint density at radius 1 is 1.41 bits per heavy atom. The fourth-order valence-corrected chi connectivity index (χ4v) is 1.32. The number of carbonyl (C=O) groups excluding carboxylic acids is 1. The number of amides is 2. The Bertz CT molecular complexity index is 268. The Labute approximate surface area is 101 Å². The maximum absolute atomic E-state index is 12.0. The number of likely N-dealkylation sites (N-methyl/N-ethyl adjacent to an activating group) is 1. The molecule has 0 aromatic carbocycles. The lowest BCUT2D eigenvalue weighted by molar-refractivity contribution is -0.137. The van der Waals surface area contributed by atoms with Crippen molar-refractivity contribution in [3.05, 3.63) is 12.7 Å². The normalized spacial score (nSPS) is 9.76. The summed E-state index contributed by atoms with van der Waals surface area (Å²) < 4.78 is 4.90. The van der Waals surface area contributed by atoms with Gasteiger partial charge in [0, 0.05) is 26.7 Å². The summed E-state index contributed by atoms with van der Waals surface area (Å²) in [4.78, 5) is 25.4. The van der Waals surface area contributed by atoms with E-state index in [9.17, 15) is 9.59 Å². The minimum Gasteiger partial charge on any atom is -0.480 e. The lowest BCUT2D eigenvalue weighted by Crippen LogP contribution is -2.46. The number of nitrogens with zero attached hydrogens (tertiary/aromatic N) is 2. The van der Waals surface area contributed by atoms with Crippen LogP contribution in [0.3, 0.4) is 0 Å². The highest BCUT2D eigenvalue weighted by Crippen LogP contribution is 2.00. The molecule has 0 rings (SSSR count). The van der Waals surface area contributed by atoms with Crippen LogP contribution in [-0.2, 0) is 9.53 Å². The molecule has 0 aliphatic carbocycles. The van der Waals surface area contributed by atoms with Gasteiger partial charge in [-0.3, -0.25) is 4.79 Å². The second-order valence-corrected chi connectivity index (χ2v) is 3.42. The standard InChI is InChI=1S/C11H20N2O4/c1-4-6-13(9-10(14)15)11(16)12(5-2)7-8-17-3/h4H,1,5-9H2,2-3H3,(H,14,15). The summed E-state index contributed by atoms with van der Waals surface area (Å²) in [5, 5.41) is 8.72. The van der Waals surface area contributed by atoms with Crippen molar-refractivity contribution in [3.63, 3.8) is 0 Å². The van der Waals surface area contributed by atoms with Crippen LogP contribution in [0.5, 0.6) is 0 Å². The molecule has 1 N–H and O–H groups in total. The van der Waals surface area contributed by atoms with Crippen molar-refractivity contribution in [1.82, 2.24) is 9.80 Å². The molecule has 0 aliphatic heterocycles. The highest BCUT2D eigenvalue weighted by Gasteiger charge is 2.20. The van der Waals surface area contributed by atoms with Gasteiger partial charge in [-0.15, -0.1) is 6.58 Å². The zero-order valence-electron chi connectivity index (χ0n) is 10.4. The molecule has 0 aromatic rings. The predicted octanol–water partition coefficient (Wildman–Crippen LogP) is 0.647. The number of carbonyl (C=O) groups is 2. The number of carboxylic acids is 1. The number of aliphatic carboxylic acids is 1. The Morgan fingerprint density at radius 3 is 2.47 bits per heavy atom. The van der Waals surface area contributed by atoms with Crippen molar-refractivity contribution >= 4 is 12.0 Å². The minimum absolute atomic E-state index is 0.217. The number of carboxylic acid groups (broad SMARTS) is 1. The van der Waals surface area contributed by atoms with E-state index in [1.165, 1.54) is 15.9 Å². The Balaban J connectivity index is 4.53. The van der Waals surface area contributed by atoms with Gasteiger partial charge in [0.2, 0.25) is 0 Å². The van der Waals surface area contributed by atoms with E-state index in [0.29, 0.717) is 19.7 Å². The van der Waals surface area contributed by atoms with Crippen molar-refractivity contribution in [2.24, 2.45) is 0 Å². The number of methoxy groups -OCH3 is 1. The molecule has 0 radical (unpaired) electrons. The molecule has 0 spiro atoms. The number of hydrogen-bond acceptors (Lipinski definition) is 3. The first-order valence-electron chi connectivity index (χ1n) is 5.42. The smallest absolute Gasteiger partial charge is 0.323 e. The summed E-state index contributed by atoms with van der Waals surface area (Å²) >= 11 is 0. The van der Waals surface area contributed by atoms with Gasteiger partial charge >= 0.3 is 12.0 Å². The van der Waals surface area contributed by atoms with Gasteiger partial charge < -0.3 is 19.6 Å². The minimum atomic E-state index is -1.04. The van der Waals surface area contributed by atoms with Crippen LogP contribution in [0.25, 0.3) is 0 Å². The molecule has 0 atom stereocenters. The molecule has 6 heteroatoms. The third kappa shape index (κ3) is 5.91. The Kier molecular flexibility index (Phi) is 7.79. The molecule has 0 saturated heterocycles. The molecule has 0 aromatic heterocycles. The molecule has 0 fully saturated rings. The van der Waals surface area contributed by atoms with Crippen molar-refractivity contribution in [3.8, 4) is 0 Å². The quantitative estimate of drug-likeness (QED) is 0.636. The monoisotopic (exact) mass is 244 g/mol. The van der Waals surface area contributed by atoms with Gasteiger partial charge in [-0.05, 0) is 6.92 Å². The largest absolute Gasteiger partial charge is 0.480 e. The van der Waals surface area contributed by atoms with Gasteiger partial charge in [-0.2, -0.15) is 0 Å². The summed E-state index contributed by atoms with van der Waals surface area (Å²) in [5.74, 6) is -1.04. The van der Waals surface area contributed by atoms with E-state index >= 15 is 0 Å². The molecule has 6 nitrogen and oxygen atoms in total. The zero-order valence-corrected chi connectivity index (χ0v) is 10.4. The van der Waals surface area contributed by atoms with E-state index < -0.39 is 5.97 Å². The summed E-state index contributed by atoms with van der Waals surface area (Å²) in [6.45, 7) is 6.61. The third-order valence-corrected chi connectivity index (χ3v) is 2.16. The van der Waals surface area contributed by atoms with Crippen LogP contribution in [-0.4, -0.2) is 66.8 Å². The van der Waals surface area contributed by atoms with Gasteiger partial charge in [-0.1, -0.05) is 6.08 Å². The zero-order chi connectivity index (χ0) is 13.3. The first-order chi connectivity index (χ1) is 8.06. The van der Waals surface area contributed by atoms with Crippen LogP contribution in [0.2, 0.25) is 0 Å². The second-order valence-electron chi connectivity index (χ2n) is 3.42. The van der Waals surface area contributed by atoms with E-state index in [2.05, 4.69) is 6.58 Å². The fraction of sp³-hybridized carbons (Fsp3) is 0.636.